The molecule has 0 aliphatic carbocycles. The molecule has 0 bridgehead atoms. The fourth-order valence-corrected chi connectivity index (χ4v) is 3.06. The number of nitro groups is 1. The van der Waals surface area contributed by atoms with Crippen LogP contribution in [0.15, 0.2) is 60.7 Å². The molecule has 0 unspecified atom stereocenters. The number of ether oxygens (including phenoxy) is 2. The van der Waals surface area contributed by atoms with Crippen LogP contribution < -0.4 is 20.1 Å². The Balaban J connectivity index is 1.81. The van der Waals surface area contributed by atoms with E-state index in [0.29, 0.717) is 22.7 Å². The summed E-state index contributed by atoms with van der Waals surface area (Å²) in [6.07, 6.45) is 0. The van der Waals surface area contributed by atoms with E-state index in [4.69, 9.17) is 21.1 Å². The minimum atomic E-state index is -0.670. The zero-order valence-corrected chi connectivity index (χ0v) is 17.8. The second-order valence-corrected chi connectivity index (χ2v) is 6.85. The number of nitrogens with one attached hydrogen (secondary N) is 2. The van der Waals surface area contributed by atoms with Crippen LogP contribution in [0.5, 0.6) is 11.5 Å². The third-order valence-corrected chi connectivity index (χ3v) is 4.79. The first-order valence-electron chi connectivity index (χ1n) is 9.21. The number of carbonyl (C=O) groups is 2. The number of methoxy groups -OCH3 is 2. The average Bonchev–Trinajstić information content (AvgIpc) is 2.80. The van der Waals surface area contributed by atoms with Crippen LogP contribution in [-0.4, -0.2) is 31.0 Å². The zero-order valence-electron chi connectivity index (χ0n) is 17.0. The van der Waals surface area contributed by atoms with Crippen LogP contribution in [0.1, 0.15) is 20.7 Å². The third kappa shape index (κ3) is 4.96. The van der Waals surface area contributed by atoms with Crippen LogP contribution in [0, 0.1) is 10.1 Å². The molecule has 3 rings (SSSR count). The van der Waals surface area contributed by atoms with Gasteiger partial charge in [-0.3, -0.25) is 19.7 Å². The van der Waals surface area contributed by atoms with Crippen molar-refractivity contribution in [1.82, 2.24) is 0 Å². The standard InChI is InChI=1S/C22H18ClN3O6/c1-31-19-10-7-13(11-20(19)32-2)21(27)25-17-12-14(8-9-16(17)23)24-22(28)15-5-3-4-6-18(15)26(29)30/h3-12H,1-2H3,(H,24,28)(H,25,27). The summed E-state index contributed by atoms with van der Waals surface area (Å²) in [5.41, 5.74) is 0.421. The summed E-state index contributed by atoms with van der Waals surface area (Å²) in [5.74, 6) is -0.273. The van der Waals surface area contributed by atoms with Crippen molar-refractivity contribution in [3.63, 3.8) is 0 Å². The Morgan fingerprint density at radius 2 is 1.62 bits per heavy atom. The molecule has 10 heteroatoms. The molecule has 164 valence electrons. The number of nitro benzene ring substituents is 1. The normalized spacial score (nSPS) is 10.2. The predicted octanol–water partition coefficient (Wildman–Crippen LogP) is 4.77. The van der Waals surface area contributed by atoms with Crippen LogP contribution >= 0.6 is 11.6 Å². The highest BCUT2D eigenvalue weighted by Gasteiger charge is 2.20. The molecule has 3 aromatic rings. The van der Waals surface area contributed by atoms with Gasteiger partial charge in [-0.25, -0.2) is 0 Å². The number of nitrogens with zero attached hydrogens (tertiary/aromatic N) is 1. The lowest BCUT2D eigenvalue weighted by atomic mass is 10.1. The van der Waals surface area contributed by atoms with Gasteiger partial charge in [0.1, 0.15) is 5.56 Å². The van der Waals surface area contributed by atoms with E-state index in [1.165, 1.54) is 62.8 Å². The van der Waals surface area contributed by atoms with Gasteiger partial charge in [-0.2, -0.15) is 0 Å². The van der Waals surface area contributed by atoms with Crippen molar-refractivity contribution in [1.29, 1.82) is 0 Å². The van der Waals surface area contributed by atoms with E-state index in [9.17, 15) is 19.7 Å². The lowest BCUT2D eigenvalue weighted by molar-refractivity contribution is -0.385. The van der Waals surface area contributed by atoms with Crippen molar-refractivity contribution in [3.05, 3.63) is 86.9 Å². The number of carbonyl (C=O) groups excluding carboxylic acids is 2. The Hall–Kier alpha value is -4.11. The number of rotatable bonds is 7. The Labute approximate surface area is 188 Å². The molecule has 0 aliphatic heterocycles. The van der Waals surface area contributed by atoms with Crippen molar-refractivity contribution in [2.45, 2.75) is 0 Å². The highest BCUT2D eigenvalue weighted by Crippen LogP contribution is 2.30. The van der Waals surface area contributed by atoms with Gasteiger partial charge in [0.15, 0.2) is 11.5 Å². The first-order chi connectivity index (χ1) is 15.3. The van der Waals surface area contributed by atoms with Crippen LogP contribution in [0.2, 0.25) is 5.02 Å². The minimum absolute atomic E-state index is 0.0941. The van der Waals surface area contributed by atoms with E-state index in [0.717, 1.165) is 0 Å². The number of benzene rings is 3. The number of hydrogen-bond donors (Lipinski definition) is 2. The molecule has 3 aromatic carbocycles. The molecular formula is C22H18ClN3O6. The molecule has 0 spiro atoms. The van der Waals surface area contributed by atoms with Gasteiger partial charge in [-0.05, 0) is 42.5 Å². The summed E-state index contributed by atoms with van der Waals surface area (Å²) in [4.78, 5) is 35.8. The van der Waals surface area contributed by atoms with Gasteiger partial charge in [0, 0.05) is 17.3 Å². The highest BCUT2D eigenvalue weighted by atomic mass is 35.5. The van der Waals surface area contributed by atoms with Gasteiger partial charge in [0.05, 0.1) is 29.9 Å². The van der Waals surface area contributed by atoms with Gasteiger partial charge in [-0.15, -0.1) is 0 Å². The Morgan fingerprint density at radius 1 is 0.906 bits per heavy atom. The second-order valence-electron chi connectivity index (χ2n) is 6.45. The van der Waals surface area contributed by atoms with Crippen molar-refractivity contribution < 1.29 is 24.0 Å². The van der Waals surface area contributed by atoms with E-state index in [1.54, 1.807) is 12.1 Å². The van der Waals surface area contributed by atoms with Crippen molar-refractivity contribution in [3.8, 4) is 11.5 Å². The predicted molar refractivity (Wildman–Crippen MR) is 120 cm³/mol. The first-order valence-corrected chi connectivity index (χ1v) is 9.59. The van der Waals surface area contributed by atoms with E-state index < -0.39 is 16.7 Å². The molecule has 9 nitrogen and oxygen atoms in total. The molecule has 0 saturated heterocycles. The summed E-state index contributed by atoms with van der Waals surface area (Å²) in [7, 11) is 2.95. The van der Waals surface area contributed by atoms with Gasteiger partial charge in [-0.1, -0.05) is 23.7 Å². The van der Waals surface area contributed by atoms with Crippen LogP contribution in [0.25, 0.3) is 0 Å². The van der Waals surface area contributed by atoms with Crippen LogP contribution in [-0.2, 0) is 0 Å². The molecule has 2 amide bonds. The smallest absolute Gasteiger partial charge is 0.282 e. The van der Waals surface area contributed by atoms with Crippen molar-refractivity contribution in [2.75, 3.05) is 24.9 Å². The van der Waals surface area contributed by atoms with E-state index >= 15 is 0 Å². The SMILES string of the molecule is COc1ccc(C(=O)Nc2cc(NC(=O)c3ccccc3[N+](=O)[O-])ccc2Cl)cc1OC. The van der Waals surface area contributed by atoms with E-state index in [1.807, 2.05) is 0 Å². The van der Waals surface area contributed by atoms with Gasteiger partial charge in [0.25, 0.3) is 17.5 Å². The van der Waals surface area contributed by atoms with E-state index in [-0.39, 0.29) is 22.0 Å². The lowest BCUT2D eigenvalue weighted by Crippen LogP contribution is -2.15. The van der Waals surface area contributed by atoms with E-state index in [2.05, 4.69) is 10.6 Å². The molecule has 0 fully saturated rings. The topological polar surface area (TPSA) is 120 Å². The van der Waals surface area contributed by atoms with Gasteiger partial charge < -0.3 is 20.1 Å². The van der Waals surface area contributed by atoms with Crippen LogP contribution in [0.4, 0.5) is 17.1 Å². The largest absolute Gasteiger partial charge is 0.493 e. The van der Waals surface area contributed by atoms with Crippen LogP contribution in [0.3, 0.4) is 0 Å². The molecule has 0 atom stereocenters. The zero-order chi connectivity index (χ0) is 23.3. The quantitative estimate of drug-likeness (QED) is 0.391. The molecule has 0 saturated carbocycles. The van der Waals surface area contributed by atoms with Gasteiger partial charge in [0.2, 0.25) is 0 Å². The number of halogens is 1. The van der Waals surface area contributed by atoms with Crippen molar-refractivity contribution in [2.24, 2.45) is 0 Å². The average molecular weight is 456 g/mol. The molecule has 2 N–H and O–H groups in total. The molecule has 32 heavy (non-hydrogen) atoms. The highest BCUT2D eigenvalue weighted by molar-refractivity contribution is 6.34. The fraction of sp³-hybridized carbons (Fsp3) is 0.0909. The third-order valence-electron chi connectivity index (χ3n) is 4.46. The summed E-state index contributed by atoms with van der Waals surface area (Å²) < 4.78 is 10.4. The maximum atomic E-state index is 12.7. The number of para-hydroxylation sites is 1. The lowest BCUT2D eigenvalue weighted by Gasteiger charge is -2.12. The molecule has 0 heterocycles. The Morgan fingerprint density at radius 3 is 2.31 bits per heavy atom. The second kappa shape index (κ2) is 9.80. The summed E-state index contributed by atoms with van der Waals surface area (Å²) >= 11 is 6.19. The first kappa shape index (κ1) is 22.6. The summed E-state index contributed by atoms with van der Waals surface area (Å²) in [6.45, 7) is 0. The Kier molecular flexibility index (Phi) is 6.91. The molecule has 0 aliphatic rings. The fourth-order valence-electron chi connectivity index (χ4n) is 2.89. The Bertz CT molecular complexity index is 1200. The van der Waals surface area contributed by atoms with Gasteiger partial charge >= 0.3 is 0 Å². The number of amides is 2. The molecular weight excluding hydrogens is 438 g/mol. The molecule has 0 aromatic heterocycles. The number of hydrogen-bond acceptors (Lipinski definition) is 6. The minimum Gasteiger partial charge on any atom is -0.493 e. The maximum Gasteiger partial charge on any atom is 0.282 e. The number of anilines is 2. The summed E-state index contributed by atoms with van der Waals surface area (Å²) in [6, 6.07) is 14.7. The monoisotopic (exact) mass is 455 g/mol. The van der Waals surface area contributed by atoms with Crippen molar-refractivity contribution >= 4 is 40.5 Å². The molecule has 0 radical (unpaired) electrons. The summed E-state index contributed by atoms with van der Waals surface area (Å²) in [5, 5.41) is 16.7. The maximum absolute atomic E-state index is 12.7.